The number of hydrogen-bond donors (Lipinski definition) is 2. The summed E-state index contributed by atoms with van der Waals surface area (Å²) >= 11 is 0. The molecule has 0 spiro atoms. The van der Waals surface area contributed by atoms with Gasteiger partial charge in [0.25, 0.3) is 5.69 Å². The van der Waals surface area contributed by atoms with Crippen LogP contribution in [-0.2, 0) is 9.36 Å². The number of carbonyl (C=O) groups is 1. The lowest BCUT2D eigenvalue weighted by atomic mass is 10.1. The predicted octanol–water partition coefficient (Wildman–Crippen LogP) is 2.34. The average Bonchev–Trinajstić information content (AvgIpc) is 2.34. The Morgan fingerprint density at radius 3 is 2.45 bits per heavy atom. The molecular weight excluding hydrogens is 285 g/mol. The van der Waals surface area contributed by atoms with Crippen LogP contribution in [0.15, 0.2) is 29.6 Å². The number of ketones is 1. The van der Waals surface area contributed by atoms with Crippen LogP contribution in [0, 0.1) is 16.0 Å². The van der Waals surface area contributed by atoms with Gasteiger partial charge in [-0.1, -0.05) is 26.0 Å². The number of allylic oxidation sites excluding steroid dienone is 1. The molecule has 0 aliphatic rings. The van der Waals surface area contributed by atoms with Crippen molar-refractivity contribution in [2.24, 2.45) is 5.92 Å². The minimum absolute atomic E-state index is 0.187. The average molecular weight is 299 g/mol. The van der Waals surface area contributed by atoms with E-state index in [1.54, 1.807) is 0 Å². The highest BCUT2D eigenvalue weighted by Crippen LogP contribution is 2.47. The van der Waals surface area contributed by atoms with Crippen molar-refractivity contribution < 1.29 is 24.1 Å². The van der Waals surface area contributed by atoms with E-state index >= 15 is 0 Å². The molecule has 20 heavy (non-hydrogen) atoms. The first-order chi connectivity index (χ1) is 9.12. The Hall–Kier alpha value is -1.82. The van der Waals surface area contributed by atoms with Crippen molar-refractivity contribution >= 4 is 25.1 Å². The maximum atomic E-state index is 11.8. The second kappa shape index (κ2) is 6.09. The van der Waals surface area contributed by atoms with E-state index in [4.69, 9.17) is 0 Å². The minimum atomic E-state index is -4.75. The van der Waals surface area contributed by atoms with Gasteiger partial charge in [-0.25, -0.2) is 0 Å². The molecule has 0 aliphatic carbocycles. The molecule has 0 aromatic heterocycles. The van der Waals surface area contributed by atoms with Crippen LogP contribution < -0.4 is 0 Å². The molecule has 108 valence electrons. The van der Waals surface area contributed by atoms with Gasteiger partial charge in [0.15, 0.2) is 5.78 Å². The largest absolute Gasteiger partial charge is 0.359 e. The first-order valence-electron chi connectivity index (χ1n) is 5.69. The van der Waals surface area contributed by atoms with Gasteiger partial charge in [-0.15, -0.1) is 0 Å². The first kappa shape index (κ1) is 16.2. The highest BCUT2D eigenvalue weighted by molar-refractivity contribution is 7.58. The molecule has 1 aromatic rings. The number of nitrogens with zero attached hydrogens (tertiary/aromatic N) is 1. The Kier molecular flexibility index (Phi) is 4.94. The summed E-state index contributed by atoms with van der Waals surface area (Å²) in [6, 6.07) is 5.19. The highest BCUT2D eigenvalue weighted by atomic mass is 31.2. The van der Waals surface area contributed by atoms with Gasteiger partial charge in [-0.05, 0) is 11.6 Å². The van der Waals surface area contributed by atoms with Crippen LogP contribution >= 0.6 is 7.60 Å². The Morgan fingerprint density at radius 1 is 1.40 bits per heavy atom. The molecule has 1 rings (SSSR count). The van der Waals surface area contributed by atoms with E-state index in [0.29, 0.717) is 0 Å². The lowest BCUT2D eigenvalue weighted by Gasteiger charge is -2.10. The molecule has 1 aromatic carbocycles. The van der Waals surface area contributed by atoms with Gasteiger partial charge in [0, 0.05) is 18.1 Å². The van der Waals surface area contributed by atoms with Gasteiger partial charge in [0.2, 0.25) is 0 Å². The number of carbonyl (C=O) groups excluding carboxylic acids is 1. The van der Waals surface area contributed by atoms with Crippen LogP contribution in [0.25, 0.3) is 6.08 Å². The molecule has 0 saturated heterocycles. The van der Waals surface area contributed by atoms with E-state index in [-0.39, 0.29) is 11.3 Å². The van der Waals surface area contributed by atoms with Gasteiger partial charge in [-0.3, -0.25) is 19.5 Å². The van der Waals surface area contributed by atoms with Crippen LogP contribution in [0.2, 0.25) is 0 Å². The zero-order valence-electron chi connectivity index (χ0n) is 10.9. The summed E-state index contributed by atoms with van der Waals surface area (Å²) in [7, 11) is -4.75. The third kappa shape index (κ3) is 4.09. The van der Waals surface area contributed by atoms with Crippen LogP contribution in [0.4, 0.5) is 5.69 Å². The molecule has 0 atom stereocenters. The van der Waals surface area contributed by atoms with Gasteiger partial charge in [0.1, 0.15) is 5.31 Å². The molecule has 0 saturated carbocycles. The summed E-state index contributed by atoms with van der Waals surface area (Å²) in [4.78, 5) is 40.3. The molecule has 0 radical (unpaired) electrons. The van der Waals surface area contributed by atoms with Crippen molar-refractivity contribution in [2.45, 2.75) is 13.8 Å². The van der Waals surface area contributed by atoms with E-state index in [1.807, 2.05) is 0 Å². The lowest BCUT2D eigenvalue weighted by molar-refractivity contribution is -0.384. The van der Waals surface area contributed by atoms with Crippen molar-refractivity contribution in [3.05, 3.63) is 45.3 Å². The number of benzene rings is 1. The number of hydrogen-bond acceptors (Lipinski definition) is 4. The van der Waals surface area contributed by atoms with Crippen molar-refractivity contribution in [2.75, 3.05) is 0 Å². The molecular formula is C12H14NO6P. The second-order valence-electron chi connectivity index (χ2n) is 4.44. The van der Waals surface area contributed by atoms with Gasteiger partial charge in [0.05, 0.1) is 4.92 Å². The summed E-state index contributed by atoms with van der Waals surface area (Å²) in [5.74, 6) is -1.28. The van der Waals surface area contributed by atoms with Gasteiger partial charge in [-0.2, -0.15) is 0 Å². The van der Waals surface area contributed by atoms with E-state index in [2.05, 4.69) is 0 Å². The molecule has 0 bridgehead atoms. The predicted molar refractivity (Wildman–Crippen MR) is 73.0 cm³/mol. The number of Topliss-reactive ketones (excluding diaryl/α,β-unsaturated/α-hetero) is 1. The quantitative estimate of drug-likeness (QED) is 0.373. The number of nitro benzene ring substituents is 1. The number of non-ortho nitro benzene ring substituents is 1. The molecule has 0 aliphatic heterocycles. The molecule has 0 heterocycles. The molecule has 8 heteroatoms. The monoisotopic (exact) mass is 299 g/mol. The van der Waals surface area contributed by atoms with Crippen LogP contribution in [-0.4, -0.2) is 20.5 Å². The van der Waals surface area contributed by atoms with Crippen molar-refractivity contribution in [1.82, 2.24) is 0 Å². The van der Waals surface area contributed by atoms with Gasteiger partial charge >= 0.3 is 7.60 Å². The fraction of sp³-hybridized carbons (Fsp3) is 0.250. The Bertz CT molecular complexity index is 616. The second-order valence-corrected chi connectivity index (χ2v) is 6.01. The topological polar surface area (TPSA) is 118 Å². The summed E-state index contributed by atoms with van der Waals surface area (Å²) in [5, 5.41) is 10.00. The van der Waals surface area contributed by atoms with Crippen LogP contribution in [0.3, 0.4) is 0 Å². The zero-order valence-corrected chi connectivity index (χ0v) is 11.8. The molecule has 7 nitrogen and oxygen atoms in total. The van der Waals surface area contributed by atoms with Gasteiger partial charge < -0.3 is 9.79 Å². The highest BCUT2D eigenvalue weighted by Gasteiger charge is 2.29. The lowest BCUT2D eigenvalue weighted by Crippen LogP contribution is -2.10. The molecule has 0 unspecified atom stereocenters. The summed E-state index contributed by atoms with van der Waals surface area (Å²) in [6.07, 6.45) is 0.996. The fourth-order valence-corrected chi connectivity index (χ4v) is 2.34. The summed E-state index contributed by atoms with van der Waals surface area (Å²) in [5.41, 5.74) is -0.0349. The minimum Gasteiger partial charge on any atom is -0.321 e. The van der Waals surface area contributed by atoms with Crippen molar-refractivity contribution in [3.63, 3.8) is 0 Å². The van der Waals surface area contributed by atoms with Crippen molar-refractivity contribution in [3.8, 4) is 0 Å². The summed E-state index contributed by atoms with van der Waals surface area (Å²) < 4.78 is 11.4. The Morgan fingerprint density at radius 2 is 2.00 bits per heavy atom. The SMILES string of the molecule is CC(C)C(=O)/C(=C/c1cccc([N+](=O)[O-])c1)P(=O)(O)O. The zero-order chi connectivity index (χ0) is 15.5. The third-order valence-electron chi connectivity index (χ3n) is 2.48. The summed E-state index contributed by atoms with van der Waals surface area (Å²) in [6.45, 7) is 3.03. The maximum absolute atomic E-state index is 11.8. The van der Waals surface area contributed by atoms with Crippen LogP contribution in [0.5, 0.6) is 0 Å². The molecule has 0 amide bonds. The standard InChI is InChI=1S/C12H14NO6P/c1-8(2)12(14)11(20(17,18)19)7-9-4-3-5-10(6-9)13(15)16/h3-8H,1-2H3,(H2,17,18,19)/b11-7-. The smallest absolute Gasteiger partial charge is 0.321 e. The molecule has 2 N–H and O–H groups in total. The van der Waals surface area contributed by atoms with Crippen molar-refractivity contribution in [1.29, 1.82) is 0 Å². The van der Waals surface area contributed by atoms with E-state index in [0.717, 1.165) is 12.1 Å². The van der Waals surface area contributed by atoms with E-state index in [9.17, 15) is 29.3 Å². The fourth-order valence-electron chi connectivity index (χ4n) is 1.48. The third-order valence-corrected chi connectivity index (χ3v) is 3.45. The normalized spacial score (nSPS) is 12.6. The van der Waals surface area contributed by atoms with E-state index < -0.39 is 29.5 Å². The van der Waals surface area contributed by atoms with Crippen LogP contribution in [0.1, 0.15) is 19.4 Å². The maximum Gasteiger partial charge on any atom is 0.359 e. The first-order valence-corrected chi connectivity index (χ1v) is 7.30. The Balaban J connectivity index is 3.34. The van der Waals surface area contributed by atoms with E-state index in [1.165, 1.54) is 32.0 Å². The number of rotatable bonds is 5. The Labute approximate surface area is 115 Å². The number of nitro groups is 1. The molecule has 0 fully saturated rings.